The number of fused-ring (bicyclic) bond motifs is 1. The Morgan fingerprint density at radius 2 is 2.06 bits per heavy atom. The molecule has 0 bridgehead atoms. The summed E-state index contributed by atoms with van der Waals surface area (Å²) in [4.78, 5) is 39.2. The highest BCUT2D eigenvalue weighted by Gasteiger charge is 2.31. The van der Waals surface area contributed by atoms with Crippen molar-refractivity contribution in [3.63, 3.8) is 0 Å². The van der Waals surface area contributed by atoms with Crippen LogP contribution in [0.5, 0.6) is 0 Å². The first-order valence-corrected chi connectivity index (χ1v) is 10.5. The van der Waals surface area contributed by atoms with Crippen LogP contribution in [0, 0.1) is 6.92 Å². The minimum atomic E-state index is -0.558. The lowest BCUT2D eigenvalue weighted by Crippen LogP contribution is -2.40. The summed E-state index contributed by atoms with van der Waals surface area (Å²) in [6, 6.07) is 8.60. The maximum absolute atomic E-state index is 12.9. The quantitative estimate of drug-likeness (QED) is 0.535. The summed E-state index contributed by atoms with van der Waals surface area (Å²) in [5, 5.41) is 12.8. The lowest BCUT2D eigenvalue weighted by atomic mass is 10.1. The normalized spacial score (nSPS) is 13.8. The van der Waals surface area contributed by atoms with Crippen molar-refractivity contribution < 1.29 is 14.7 Å². The summed E-state index contributed by atoms with van der Waals surface area (Å²) in [6.45, 7) is 1.72. The molecular weight excluding hydrogens is 453 g/mol. The Labute approximate surface area is 194 Å². The van der Waals surface area contributed by atoms with Gasteiger partial charge in [-0.2, -0.15) is 0 Å². The highest BCUT2D eigenvalue weighted by molar-refractivity contribution is 6.33. The molecule has 8 nitrogen and oxygen atoms in total. The molecule has 0 saturated carbocycles. The number of hydrogen-bond acceptors (Lipinski definition) is 6. The predicted molar refractivity (Wildman–Crippen MR) is 119 cm³/mol. The minimum absolute atomic E-state index is 0.0292. The first kappa shape index (κ1) is 22.1. The molecule has 10 heteroatoms. The topological polar surface area (TPSA) is 108 Å². The summed E-state index contributed by atoms with van der Waals surface area (Å²) in [6.07, 6.45) is 2.93. The average molecular weight is 472 g/mol. The number of aryl methyl sites for hydroxylation is 1. The lowest BCUT2D eigenvalue weighted by Gasteiger charge is -2.20. The maximum Gasteiger partial charge on any atom is 0.256 e. The molecule has 1 aromatic carbocycles. The number of benzene rings is 1. The van der Waals surface area contributed by atoms with E-state index in [-0.39, 0.29) is 41.8 Å². The number of aliphatic hydroxyl groups is 1. The SMILES string of the molecule is Cc1cccc(C(CO)NC(=O)CN2Cc3ncc(-c4nc(Cl)ncc4Cl)cc3C2=O)c1. The summed E-state index contributed by atoms with van der Waals surface area (Å²) < 4.78 is 0. The molecule has 2 N–H and O–H groups in total. The van der Waals surface area contributed by atoms with E-state index in [2.05, 4.69) is 20.3 Å². The van der Waals surface area contributed by atoms with E-state index < -0.39 is 6.04 Å². The van der Waals surface area contributed by atoms with Crippen molar-refractivity contribution in [1.29, 1.82) is 0 Å². The Balaban J connectivity index is 1.48. The molecule has 1 atom stereocenters. The molecule has 32 heavy (non-hydrogen) atoms. The Morgan fingerprint density at radius 1 is 1.25 bits per heavy atom. The molecule has 0 aliphatic carbocycles. The Hall–Kier alpha value is -3.07. The largest absolute Gasteiger partial charge is 0.394 e. The summed E-state index contributed by atoms with van der Waals surface area (Å²) in [5.41, 5.74) is 3.64. The second-order valence-electron chi connectivity index (χ2n) is 7.43. The third kappa shape index (κ3) is 4.57. The van der Waals surface area contributed by atoms with Crippen molar-refractivity contribution in [3.8, 4) is 11.3 Å². The standard InChI is InChI=1S/C22H19Cl2N5O3/c1-12-3-2-4-13(5-12)18(11-30)27-19(31)10-29-9-17-15(21(29)32)6-14(7-25-17)20-16(23)8-26-22(24)28-20/h2-8,18,30H,9-11H2,1H3,(H,27,31). The van der Waals surface area contributed by atoms with Gasteiger partial charge < -0.3 is 15.3 Å². The molecular formula is C22H19Cl2N5O3. The molecule has 4 rings (SSSR count). The van der Waals surface area contributed by atoms with Crippen LogP contribution < -0.4 is 5.32 Å². The van der Waals surface area contributed by atoms with Crippen LogP contribution in [0.15, 0.2) is 42.7 Å². The van der Waals surface area contributed by atoms with Crippen LogP contribution in [0.2, 0.25) is 10.3 Å². The molecule has 1 unspecified atom stereocenters. The van der Waals surface area contributed by atoms with Crippen LogP contribution in [-0.4, -0.2) is 49.9 Å². The third-order valence-corrected chi connectivity index (χ3v) is 5.57. The number of aliphatic hydroxyl groups excluding tert-OH is 1. The van der Waals surface area contributed by atoms with E-state index in [9.17, 15) is 14.7 Å². The molecule has 0 spiro atoms. The van der Waals surface area contributed by atoms with E-state index in [0.29, 0.717) is 22.5 Å². The van der Waals surface area contributed by atoms with Crippen molar-refractivity contribution in [3.05, 3.63) is 75.4 Å². The second-order valence-corrected chi connectivity index (χ2v) is 8.18. The molecule has 0 radical (unpaired) electrons. The first-order valence-electron chi connectivity index (χ1n) is 9.79. The van der Waals surface area contributed by atoms with Gasteiger partial charge in [-0.3, -0.25) is 14.6 Å². The molecule has 164 valence electrons. The molecule has 0 fully saturated rings. The van der Waals surface area contributed by atoms with E-state index in [1.54, 1.807) is 12.3 Å². The number of carbonyl (C=O) groups is 2. The van der Waals surface area contributed by atoms with Crippen molar-refractivity contribution in [1.82, 2.24) is 25.2 Å². The summed E-state index contributed by atoms with van der Waals surface area (Å²) in [5.74, 6) is -0.700. The molecule has 0 saturated heterocycles. The number of hydrogen-bond donors (Lipinski definition) is 2. The van der Waals surface area contributed by atoms with E-state index in [1.807, 2.05) is 31.2 Å². The minimum Gasteiger partial charge on any atom is -0.394 e. The van der Waals surface area contributed by atoms with Gasteiger partial charge in [-0.15, -0.1) is 0 Å². The molecule has 1 aliphatic heterocycles. The van der Waals surface area contributed by atoms with Crippen LogP contribution in [0.4, 0.5) is 0 Å². The zero-order chi connectivity index (χ0) is 22.8. The molecule has 2 aromatic heterocycles. The van der Waals surface area contributed by atoms with Crippen molar-refractivity contribution >= 4 is 35.0 Å². The average Bonchev–Trinajstić information content (AvgIpc) is 3.08. The fourth-order valence-corrected chi connectivity index (χ4v) is 3.90. The molecule has 3 aromatic rings. The predicted octanol–water partition coefficient (Wildman–Crippen LogP) is 2.96. The fraction of sp³-hybridized carbons (Fsp3) is 0.227. The van der Waals surface area contributed by atoms with Gasteiger partial charge >= 0.3 is 0 Å². The zero-order valence-corrected chi connectivity index (χ0v) is 18.6. The van der Waals surface area contributed by atoms with Gasteiger partial charge in [0.1, 0.15) is 6.54 Å². The van der Waals surface area contributed by atoms with E-state index >= 15 is 0 Å². The second kappa shape index (κ2) is 9.20. The monoisotopic (exact) mass is 471 g/mol. The number of amides is 2. The van der Waals surface area contributed by atoms with Crippen LogP contribution in [0.3, 0.4) is 0 Å². The number of halogens is 2. The van der Waals surface area contributed by atoms with Crippen LogP contribution in [0.25, 0.3) is 11.3 Å². The number of aromatic nitrogens is 3. The van der Waals surface area contributed by atoms with E-state index in [4.69, 9.17) is 23.2 Å². The van der Waals surface area contributed by atoms with E-state index in [0.717, 1.165) is 11.1 Å². The van der Waals surface area contributed by atoms with Crippen molar-refractivity contribution in [2.24, 2.45) is 0 Å². The van der Waals surface area contributed by atoms with Crippen molar-refractivity contribution in [2.45, 2.75) is 19.5 Å². The number of rotatable bonds is 6. The highest BCUT2D eigenvalue weighted by Crippen LogP contribution is 2.30. The van der Waals surface area contributed by atoms with Crippen LogP contribution in [-0.2, 0) is 11.3 Å². The maximum atomic E-state index is 12.9. The number of nitrogens with zero attached hydrogens (tertiary/aromatic N) is 4. The Bertz CT molecular complexity index is 1200. The van der Waals surface area contributed by atoms with Crippen LogP contribution in [0.1, 0.15) is 33.2 Å². The van der Waals surface area contributed by atoms with Crippen LogP contribution >= 0.6 is 23.2 Å². The third-order valence-electron chi connectivity index (χ3n) is 5.11. The molecule has 2 amide bonds. The summed E-state index contributed by atoms with van der Waals surface area (Å²) >= 11 is 12.0. The zero-order valence-electron chi connectivity index (χ0n) is 17.0. The van der Waals surface area contributed by atoms with Gasteiger partial charge in [0.05, 0.1) is 47.4 Å². The number of carbonyl (C=O) groups excluding carboxylic acids is 2. The van der Waals surface area contributed by atoms with Gasteiger partial charge in [0.2, 0.25) is 11.2 Å². The molecule has 3 heterocycles. The number of nitrogens with one attached hydrogen (secondary N) is 1. The fourth-order valence-electron chi connectivity index (χ4n) is 3.57. The van der Waals surface area contributed by atoms with Gasteiger partial charge in [-0.1, -0.05) is 41.4 Å². The van der Waals surface area contributed by atoms with Gasteiger partial charge in [-0.25, -0.2) is 9.97 Å². The van der Waals surface area contributed by atoms with E-state index in [1.165, 1.54) is 11.1 Å². The van der Waals surface area contributed by atoms with Crippen molar-refractivity contribution in [2.75, 3.05) is 13.2 Å². The Morgan fingerprint density at radius 3 is 2.81 bits per heavy atom. The number of pyridine rings is 1. The highest BCUT2D eigenvalue weighted by atomic mass is 35.5. The smallest absolute Gasteiger partial charge is 0.256 e. The Kier molecular flexibility index (Phi) is 6.36. The van der Waals surface area contributed by atoms with Gasteiger partial charge in [0, 0.05) is 11.8 Å². The van der Waals surface area contributed by atoms with Gasteiger partial charge in [0.15, 0.2) is 0 Å². The van der Waals surface area contributed by atoms with Gasteiger partial charge in [0.25, 0.3) is 5.91 Å². The molecule has 1 aliphatic rings. The van der Waals surface area contributed by atoms with Gasteiger partial charge in [-0.05, 0) is 30.2 Å². The lowest BCUT2D eigenvalue weighted by molar-refractivity contribution is -0.122. The summed E-state index contributed by atoms with van der Waals surface area (Å²) in [7, 11) is 0. The first-order chi connectivity index (χ1) is 15.4.